The summed E-state index contributed by atoms with van der Waals surface area (Å²) in [7, 11) is 0. The molecule has 0 aliphatic heterocycles. The fraction of sp³-hybridized carbons (Fsp3) is 0.467. The molecule has 0 unspecified atom stereocenters. The van der Waals surface area contributed by atoms with Gasteiger partial charge in [-0.15, -0.1) is 0 Å². The minimum atomic E-state index is -0.887. The van der Waals surface area contributed by atoms with Crippen molar-refractivity contribution in [3.8, 4) is 0 Å². The first kappa shape index (κ1) is 12.2. The normalized spacial score (nSPS) is 17.0. The molecule has 1 aliphatic carbocycles. The van der Waals surface area contributed by atoms with E-state index in [2.05, 4.69) is 18.8 Å². The topological polar surface area (TPSA) is 55.1 Å². The predicted octanol–water partition coefficient (Wildman–Crippen LogP) is 3.17. The number of fused-ring (bicyclic) bond motifs is 1. The van der Waals surface area contributed by atoms with Gasteiger partial charge in [-0.25, -0.2) is 9.78 Å². The molecule has 3 rings (SSSR count). The van der Waals surface area contributed by atoms with Crippen LogP contribution >= 0.6 is 0 Å². The van der Waals surface area contributed by atoms with Crippen LogP contribution in [0.25, 0.3) is 11.0 Å². The summed E-state index contributed by atoms with van der Waals surface area (Å²) >= 11 is 0. The predicted molar refractivity (Wildman–Crippen MR) is 73.2 cm³/mol. The first-order valence-corrected chi connectivity index (χ1v) is 6.71. The van der Waals surface area contributed by atoms with Gasteiger partial charge in [0.15, 0.2) is 0 Å². The first-order chi connectivity index (χ1) is 9.03. The van der Waals surface area contributed by atoms with Gasteiger partial charge < -0.3 is 9.67 Å². The molecule has 2 aromatic rings. The number of aromatic carboxylic acids is 1. The van der Waals surface area contributed by atoms with Gasteiger partial charge in [-0.2, -0.15) is 0 Å². The third-order valence-electron chi connectivity index (χ3n) is 4.47. The zero-order chi connectivity index (χ0) is 13.6. The Kier molecular flexibility index (Phi) is 2.62. The van der Waals surface area contributed by atoms with Crippen LogP contribution in [0.15, 0.2) is 24.5 Å². The highest BCUT2D eigenvalue weighted by molar-refractivity contribution is 6.01. The molecule has 1 aliphatic rings. The molecule has 4 heteroatoms. The van der Waals surface area contributed by atoms with Crippen LogP contribution in [0.5, 0.6) is 0 Å². The Morgan fingerprint density at radius 1 is 1.47 bits per heavy atom. The van der Waals surface area contributed by atoms with E-state index >= 15 is 0 Å². The van der Waals surface area contributed by atoms with Crippen molar-refractivity contribution in [3.05, 3.63) is 30.1 Å². The summed E-state index contributed by atoms with van der Waals surface area (Å²) in [5.41, 5.74) is 2.19. The number of carboxylic acid groups (broad SMARTS) is 1. The second-order valence-electron chi connectivity index (χ2n) is 5.87. The lowest BCUT2D eigenvalue weighted by Gasteiger charge is -2.20. The molecule has 19 heavy (non-hydrogen) atoms. The molecular formula is C15H18N2O2. The third kappa shape index (κ3) is 1.91. The standard InChI is InChI=1S/C15H18N2O2/c1-10(2)15(6-7-15)8-17-9-16-12-5-3-4-11(13(12)17)14(18)19/h3-5,9-10H,6-8H2,1-2H3,(H,18,19). The molecule has 0 atom stereocenters. The van der Waals surface area contributed by atoms with Crippen LogP contribution in [0.3, 0.4) is 0 Å². The van der Waals surface area contributed by atoms with Gasteiger partial charge in [0.05, 0.1) is 22.9 Å². The smallest absolute Gasteiger partial charge is 0.337 e. The summed E-state index contributed by atoms with van der Waals surface area (Å²) in [6.07, 6.45) is 4.22. The Labute approximate surface area is 112 Å². The van der Waals surface area contributed by atoms with Crippen LogP contribution in [-0.2, 0) is 6.54 Å². The van der Waals surface area contributed by atoms with Gasteiger partial charge in [-0.05, 0) is 36.3 Å². The lowest BCUT2D eigenvalue weighted by Crippen LogP contribution is -2.17. The van der Waals surface area contributed by atoms with Crippen LogP contribution in [-0.4, -0.2) is 20.6 Å². The number of para-hydroxylation sites is 1. The van der Waals surface area contributed by atoms with Gasteiger partial charge in [-0.3, -0.25) is 0 Å². The van der Waals surface area contributed by atoms with Gasteiger partial charge in [0.1, 0.15) is 0 Å². The van der Waals surface area contributed by atoms with Crippen molar-refractivity contribution in [2.24, 2.45) is 11.3 Å². The Morgan fingerprint density at radius 3 is 2.79 bits per heavy atom. The Morgan fingerprint density at radius 2 is 2.21 bits per heavy atom. The fourth-order valence-electron chi connectivity index (χ4n) is 2.84. The summed E-state index contributed by atoms with van der Waals surface area (Å²) in [4.78, 5) is 15.7. The number of hydrogen-bond donors (Lipinski definition) is 1. The third-order valence-corrected chi connectivity index (χ3v) is 4.47. The van der Waals surface area contributed by atoms with E-state index in [1.807, 2.05) is 10.6 Å². The second-order valence-corrected chi connectivity index (χ2v) is 5.87. The van der Waals surface area contributed by atoms with E-state index in [-0.39, 0.29) is 0 Å². The second kappa shape index (κ2) is 4.08. The number of aromatic nitrogens is 2. The van der Waals surface area contributed by atoms with Crippen molar-refractivity contribution in [1.82, 2.24) is 9.55 Å². The molecule has 1 N–H and O–H groups in total. The van der Waals surface area contributed by atoms with Gasteiger partial charge in [0.2, 0.25) is 0 Å². The molecule has 4 nitrogen and oxygen atoms in total. The van der Waals surface area contributed by atoms with Crippen molar-refractivity contribution in [2.45, 2.75) is 33.2 Å². The summed E-state index contributed by atoms with van der Waals surface area (Å²) in [5.74, 6) is -0.274. The number of benzene rings is 1. The summed E-state index contributed by atoms with van der Waals surface area (Å²) in [6, 6.07) is 5.27. The van der Waals surface area contributed by atoms with Crippen LogP contribution in [0, 0.1) is 11.3 Å². The maximum atomic E-state index is 11.3. The maximum Gasteiger partial charge on any atom is 0.337 e. The highest BCUT2D eigenvalue weighted by Gasteiger charge is 2.45. The number of hydrogen-bond acceptors (Lipinski definition) is 2. The average Bonchev–Trinajstić information content (AvgIpc) is 3.04. The van der Waals surface area contributed by atoms with E-state index in [0.717, 1.165) is 17.6 Å². The number of rotatable bonds is 4. The molecule has 100 valence electrons. The zero-order valence-electron chi connectivity index (χ0n) is 11.3. The highest BCUT2D eigenvalue weighted by Crippen LogP contribution is 2.53. The molecule has 1 fully saturated rings. The van der Waals surface area contributed by atoms with Crippen LogP contribution in [0.2, 0.25) is 0 Å². The fourth-order valence-corrected chi connectivity index (χ4v) is 2.84. The Balaban J connectivity index is 2.07. The summed E-state index contributed by atoms with van der Waals surface area (Å²) in [6.45, 7) is 5.35. The van der Waals surface area contributed by atoms with E-state index in [4.69, 9.17) is 0 Å². The molecule has 0 spiro atoms. The summed E-state index contributed by atoms with van der Waals surface area (Å²) in [5, 5.41) is 9.31. The van der Waals surface area contributed by atoms with Crippen molar-refractivity contribution >= 4 is 17.0 Å². The van der Waals surface area contributed by atoms with Crippen molar-refractivity contribution < 1.29 is 9.90 Å². The maximum absolute atomic E-state index is 11.3. The van der Waals surface area contributed by atoms with Gasteiger partial charge in [0, 0.05) is 6.54 Å². The molecule has 1 saturated carbocycles. The molecule has 0 bridgehead atoms. The molecule has 0 radical (unpaired) electrons. The zero-order valence-corrected chi connectivity index (χ0v) is 11.3. The van der Waals surface area contributed by atoms with Crippen LogP contribution in [0.1, 0.15) is 37.0 Å². The minimum Gasteiger partial charge on any atom is -0.478 e. The number of carbonyl (C=O) groups is 1. The first-order valence-electron chi connectivity index (χ1n) is 6.71. The Bertz CT molecular complexity index is 639. The van der Waals surface area contributed by atoms with E-state index < -0.39 is 5.97 Å². The van der Waals surface area contributed by atoms with E-state index in [9.17, 15) is 9.90 Å². The van der Waals surface area contributed by atoms with E-state index in [1.165, 1.54) is 12.8 Å². The number of imidazole rings is 1. The van der Waals surface area contributed by atoms with Crippen molar-refractivity contribution in [2.75, 3.05) is 0 Å². The van der Waals surface area contributed by atoms with Crippen molar-refractivity contribution in [1.29, 1.82) is 0 Å². The summed E-state index contributed by atoms with van der Waals surface area (Å²) < 4.78 is 2.02. The van der Waals surface area contributed by atoms with Crippen LogP contribution in [0.4, 0.5) is 0 Å². The largest absolute Gasteiger partial charge is 0.478 e. The van der Waals surface area contributed by atoms with Gasteiger partial charge in [0.25, 0.3) is 0 Å². The number of carboxylic acids is 1. The van der Waals surface area contributed by atoms with Gasteiger partial charge in [-0.1, -0.05) is 19.9 Å². The van der Waals surface area contributed by atoms with Crippen LogP contribution < -0.4 is 0 Å². The Hall–Kier alpha value is -1.84. The molecule has 0 amide bonds. The molecule has 0 saturated heterocycles. The average molecular weight is 258 g/mol. The number of nitrogens with zero attached hydrogens (tertiary/aromatic N) is 2. The molecule has 1 heterocycles. The highest BCUT2D eigenvalue weighted by atomic mass is 16.4. The lowest BCUT2D eigenvalue weighted by molar-refractivity contribution is 0.0698. The van der Waals surface area contributed by atoms with E-state index in [1.54, 1.807) is 18.5 Å². The van der Waals surface area contributed by atoms with E-state index in [0.29, 0.717) is 16.9 Å². The minimum absolute atomic E-state index is 0.333. The van der Waals surface area contributed by atoms with Crippen molar-refractivity contribution in [3.63, 3.8) is 0 Å². The SMILES string of the molecule is CC(C)C1(Cn2cnc3cccc(C(=O)O)c32)CC1. The monoisotopic (exact) mass is 258 g/mol. The molecule has 1 aromatic carbocycles. The lowest BCUT2D eigenvalue weighted by atomic mass is 9.92. The quantitative estimate of drug-likeness (QED) is 0.916. The molecular weight excluding hydrogens is 240 g/mol. The molecule has 1 aromatic heterocycles. The van der Waals surface area contributed by atoms with Gasteiger partial charge >= 0.3 is 5.97 Å².